The Balaban J connectivity index is 1.86. The first-order valence-corrected chi connectivity index (χ1v) is 13.9. The number of hydrogen-bond donors (Lipinski definition) is 1. The van der Waals surface area contributed by atoms with Gasteiger partial charge in [-0.25, -0.2) is 8.42 Å². The van der Waals surface area contributed by atoms with Crippen LogP contribution in [-0.2, 0) is 21.4 Å². The van der Waals surface area contributed by atoms with Crippen molar-refractivity contribution in [1.29, 1.82) is 0 Å². The van der Waals surface area contributed by atoms with Gasteiger partial charge in [0.05, 0.1) is 23.8 Å². The molecule has 0 unspecified atom stereocenters. The molecule has 0 heterocycles. The van der Waals surface area contributed by atoms with Gasteiger partial charge in [0.25, 0.3) is 10.0 Å². The lowest BCUT2D eigenvalue weighted by atomic mass is 10.2. The summed E-state index contributed by atoms with van der Waals surface area (Å²) in [7, 11) is -4.04. The second kappa shape index (κ2) is 12.5. The second-order valence-corrected chi connectivity index (χ2v) is 10.2. The predicted octanol–water partition coefficient (Wildman–Crippen LogP) is 4.72. The summed E-state index contributed by atoms with van der Waals surface area (Å²) in [5.41, 5.74) is 1.18. The van der Waals surface area contributed by atoms with E-state index >= 15 is 0 Å². The van der Waals surface area contributed by atoms with Crippen molar-refractivity contribution >= 4 is 33.4 Å². The van der Waals surface area contributed by atoms with Crippen LogP contribution in [0.3, 0.4) is 0 Å². The number of anilines is 1. The zero-order valence-corrected chi connectivity index (χ0v) is 21.7. The number of nitrogens with one attached hydrogen (secondary N) is 1. The lowest BCUT2D eigenvalue weighted by Crippen LogP contribution is -2.40. The molecule has 0 atom stereocenters. The topological polar surface area (TPSA) is 84.9 Å². The number of carbonyl (C=O) groups is 1. The van der Waals surface area contributed by atoms with Gasteiger partial charge in [-0.3, -0.25) is 9.10 Å². The highest BCUT2D eigenvalue weighted by atomic mass is 32.2. The Hall–Kier alpha value is -3.17. The first-order valence-electron chi connectivity index (χ1n) is 11.3. The van der Waals surface area contributed by atoms with Crippen LogP contribution in [-0.4, -0.2) is 40.3 Å². The highest BCUT2D eigenvalue weighted by Gasteiger charge is 2.29. The van der Waals surface area contributed by atoms with Gasteiger partial charge in [0.2, 0.25) is 5.91 Å². The van der Waals surface area contributed by atoms with Crippen molar-refractivity contribution in [2.75, 3.05) is 30.3 Å². The van der Waals surface area contributed by atoms with Crippen LogP contribution in [0.4, 0.5) is 5.69 Å². The third-order valence-corrected chi connectivity index (χ3v) is 7.61. The van der Waals surface area contributed by atoms with Crippen LogP contribution in [0.25, 0.3) is 0 Å². The Morgan fingerprint density at radius 3 is 2.20 bits per heavy atom. The standard InChI is InChI=1S/C26H30N2O5S2/c1-4-32-21-12-10-20(11-13-21)18-27-26(29)19-28(24-8-6-7-9-25(24)33-5-2)35(30,31)23-16-14-22(34-3)15-17-23/h6-17H,4-5,18-19H2,1-3H3,(H,27,29). The third kappa shape index (κ3) is 6.93. The molecule has 0 saturated heterocycles. The van der Waals surface area contributed by atoms with Crippen LogP contribution in [0.15, 0.2) is 82.6 Å². The first kappa shape index (κ1) is 26.4. The fourth-order valence-electron chi connectivity index (χ4n) is 3.37. The molecule has 1 N–H and O–H groups in total. The van der Waals surface area contributed by atoms with Crippen molar-refractivity contribution in [3.8, 4) is 11.5 Å². The molecular weight excluding hydrogens is 484 g/mol. The van der Waals surface area contributed by atoms with Crippen molar-refractivity contribution in [3.05, 3.63) is 78.4 Å². The van der Waals surface area contributed by atoms with Gasteiger partial charge in [-0.15, -0.1) is 11.8 Å². The summed E-state index contributed by atoms with van der Waals surface area (Å²) < 4.78 is 39.5. The molecule has 35 heavy (non-hydrogen) atoms. The summed E-state index contributed by atoms with van der Waals surface area (Å²) in [6, 6.07) is 20.8. The summed E-state index contributed by atoms with van der Waals surface area (Å²) >= 11 is 1.52. The number of amides is 1. The van der Waals surface area contributed by atoms with Gasteiger partial charge in [0, 0.05) is 11.4 Å². The van der Waals surface area contributed by atoms with E-state index in [0.29, 0.717) is 24.7 Å². The van der Waals surface area contributed by atoms with E-state index in [9.17, 15) is 13.2 Å². The molecule has 3 aromatic carbocycles. The number of nitrogens with zero attached hydrogens (tertiary/aromatic N) is 1. The molecular formula is C26H30N2O5S2. The van der Waals surface area contributed by atoms with Crippen molar-refractivity contribution in [2.45, 2.75) is 30.2 Å². The number of thioether (sulfide) groups is 1. The van der Waals surface area contributed by atoms with Gasteiger partial charge in [-0.2, -0.15) is 0 Å². The second-order valence-electron chi connectivity index (χ2n) is 7.44. The Morgan fingerprint density at radius 1 is 0.914 bits per heavy atom. The van der Waals surface area contributed by atoms with E-state index < -0.39 is 22.5 Å². The molecule has 0 aromatic heterocycles. The third-order valence-electron chi connectivity index (χ3n) is 5.09. The molecule has 9 heteroatoms. The maximum atomic E-state index is 13.7. The van der Waals surface area contributed by atoms with Crippen LogP contribution in [0.5, 0.6) is 11.5 Å². The average Bonchev–Trinajstić information content (AvgIpc) is 2.87. The molecule has 0 aliphatic carbocycles. The molecule has 0 fully saturated rings. The van der Waals surface area contributed by atoms with E-state index in [0.717, 1.165) is 20.5 Å². The first-order chi connectivity index (χ1) is 16.9. The minimum atomic E-state index is -4.04. The Kier molecular flexibility index (Phi) is 9.45. The number of carbonyl (C=O) groups excluding carboxylic acids is 1. The lowest BCUT2D eigenvalue weighted by Gasteiger charge is -2.26. The summed E-state index contributed by atoms with van der Waals surface area (Å²) in [5.74, 6) is 0.702. The summed E-state index contributed by atoms with van der Waals surface area (Å²) in [6.45, 7) is 4.53. The van der Waals surface area contributed by atoms with Crippen LogP contribution >= 0.6 is 11.8 Å². The smallest absolute Gasteiger partial charge is 0.264 e. The van der Waals surface area contributed by atoms with Gasteiger partial charge >= 0.3 is 0 Å². The van der Waals surface area contributed by atoms with Gasteiger partial charge in [0.1, 0.15) is 18.0 Å². The maximum absolute atomic E-state index is 13.7. The zero-order chi connectivity index (χ0) is 25.3. The number of rotatable bonds is 12. The summed E-state index contributed by atoms with van der Waals surface area (Å²) in [5, 5.41) is 2.81. The number of para-hydroxylation sites is 2. The molecule has 0 saturated carbocycles. The molecule has 1 amide bonds. The monoisotopic (exact) mass is 514 g/mol. The molecule has 3 aromatic rings. The zero-order valence-electron chi connectivity index (χ0n) is 20.1. The van der Waals surface area contributed by atoms with Crippen LogP contribution < -0.4 is 19.1 Å². The molecule has 0 bridgehead atoms. The fourth-order valence-corrected chi connectivity index (χ4v) is 5.21. The molecule has 7 nitrogen and oxygen atoms in total. The van der Waals surface area contributed by atoms with Crippen LogP contribution in [0.2, 0.25) is 0 Å². The lowest BCUT2D eigenvalue weighted by molar-refractivity contribution is -0.119. The normalized spacial score (nSPS) is 11.1. The highest BCUT2D eigenvalue weighted by Crippen LogP contribution is 2.33. The van der Waals surface area contributed by atoms with Crippen molar-refractivity contribution in [2.24, 2.45) is 0 Å². The Labute approximate surface area is 211 Å². The number of sulfonamides is 1. The van der Waals surface area contributed by atoms with E-state index in [1.54, 1.807) is 48.5 Å². The predicted molar refractivity (Wildman–Crippen MR) is 140 cm³/mol. The largest absolute Gasteiger partial charge is 0.494 e. The van der Waals surface area contributed by atoms with E-state index in [-0.39, 0.29) is 11.4 Å². The van der Waals surface area contributed by atoms with Crippen molar-refractivity contribution in [3.63, 3.8) is 0 Å². The number of benzene rings is 3. The molecule has 0 spiro atoms. The van der Waals surface area contributed by atoms with Crippen LogP contribution in [0.1, 0.15) is 19.4 Å². The summed E-state index contributed by atoms with van der Waals surface area (Å²) in [6.07, 6.45) is 1.92. The summed E-state index contributed by atoms with van der Waals surface area (Å²) in [4.78, 5) is 14.0. The Morgan fingerprint density at radius 2 is 1.57 bits per heavy atom. The van der Waals surface area contributed by atoms with E-state index in [1.165, 1.54) is 11.8 Å². The minimum Gasteiger partial charge on any atom is -0.494 e. The Bertz CT molecular complexity index is 1210. The SMILES string of the molecule is CCOc1ccc(CNC(=O)CN(c2ccccc2OCC)S(=O)(=O)c2ccc(SC)cc2)cc1. The van der Waals surface area contributed by atoms with Crippen molar-refractivity contribution < 1.29 is 22.7 Å². The van der Waals surface area contributed by atoms with Crippen molar-refractivity contribution in [1.82, 2.24) is 5.32 Å². The van der Waals surface area contributed by atoms with E-state index in [2.05, 4.69) is 5.32 Å². The van der Waals surface area contributed by atoms with E-state index in [1.807, 2.05) is 44.4 Å². The highest BCUT2D eigenvalue weighted by molar-refractivity contribution is 7.98. The quantitative estimate of drug-likeness (QED) is 0.352. The maximum Gasteiger partial charge on any atom is 0.264 e. The van der Waals surface area contributed by atoms with E-state index in [4.69, 9.17) is 9.47 Å². The number of ether oxygens (including phenoxy) is 2. The molecule has 3 rings (SSSR count). The molecule has 0 radical (unpaired) electrons. The average molecular weight is 515 g/mol. The van der Waals surface area contributed by atoms with Gasteiger partial charge in [0.15, 0.2) is 0 Å². The molecule has 0 aliphatic rings. The van der Waals surface area contributed by atoms with Gasteiger partial charge < -0.3 is 14.8 Å². The van der Waals surface area contributed by atoms with Crippen LogP contribution in [0, 0.1) is 0 Å². The van der Waals surface area contributed by atoms with Gasteiger partial charge in [-0.05, 0) is 74.2 Å². The van der Waals surface area contributed by atoms with Gasteiger partial charge in [-0.1, -0.05) is 24.3 Å². The number of hydrogen-bond acceptors (Lipinski definition) is 6. The molecule has 186 valence electrons. The fraction of sp³-hybridized carbons (Fsp3) is 0.269. The minimum absolute atomic E-state index is 0.0981. The molecule has 0 aliphatic heterocycles.